The number of aromatic nitrogens is 2. The topological polar surface area (TPSA) is 55.1 Å². The first-order chi connectivity index (χ1) is 8.25. The summed E-state index contributed by atoms with van der Waals surface area (Å²) in [6.07, 6.45) is 3.33. The van der Waals surface area contributed by atoms with E-state index in [4.69, 9.17) is 0 Å². The summed E-state index contributed by atoms with van der Waals surface area (Å²) in [7, 11) is 0. The zero-order chi connectivity index (χ0) is 11.8. The number of nitrogens with zero attached hydrogens (tertiary/aromatic N) is 2. The van der Waals surface area contributed by atoms with E-state index >= 15 is 0 Å². The summed E-state index contributed by atoms with van der Waals surface area (Å²) < 4.78 is 2.73. The van der Waals surface area contributed by atoms with Crippen LogP contribution in [0.3, 0.4) is 0 Å². The van der Waals surface area contributed by atoms with Gasteiger partial charge in [-0.3, -0.25) is 0 Å². The second-order valence-corrected chi connectivity index (χ2v) is 5.65. The molecule has 0 bridgehead atoms. The number of aromatic hydroxyl groups is 1. The van der Waals surface area contributed by atoms with Gasteiger partial charge in [-0.25, -0.2) is 0 Å². The number of phenolic OH excluding ortho intramolecular Hbond substituents is 1. The second-order valence-electron chi connectivity index (χ2n) is 3.58. The first-order valence-corrected chi connectivity index (χ1v) is 6.63. The van der Waals surface area contributed by atoms with Crippen molar-refractivity contribution in [1.29, 1.82) is 0 Å². The second kappa shape index (κ2) is 3.87. The van der Waals surface area contributed by atoms with Crippen molar-refractivity contribution in [1.82, 2.24) is 8.55 Å². The van der Waals surface area contributed by atoms with Crippen molar-refractivity contribution in [2.45, 2.75) is 0 Å². The van der Waals surface area contributed by atoms with Gasteiger partial charge in [0.25, 0.3) is 0 Å². The molecule has 0 amide bonds. The summed E-state index contributed by atoms with van der Waals surface area (Å²) in [5, 5.41) is 10.00. The molecule has 1 aromatic carbocycles. The van der Waals surface area contributed by atoms with E-state index in [0.717, 1.165) is 9.95 Å². The summed E-state index contributed by atoms with van der Waals surface area (Å²) in [5.41, 5.74) is 0.794. The van der Waals surface area contributed by atoms with E-state index in [1.165, 1.54) is 6.07 Å². The van der Waals surface area contributed by atoms with Gasteiger partial charge < -0.3 is 0 Å². The summed E-state index contributed by atoms with van der Waals surface area (Å²) in [6.45, 7) is 0. The van der Waals surface area contributed by atoms with Gasteiger partial charge in [-0.2, -0.15) is 0 Å². The van der Waals surface area contributed by atoms with Crippen LogP contribution in [0.25, 0.3) is 15.3 Å². The fourth-order valence-corrected chi connectivity index (χ4v) is 3.72. The van der Waals surface area contributed by atoms with Crippen LogP contribution in [0.15, 0.2) is 47.5 Å². The molecule has 0 fully saturated rings. The van der Waals surface area contributed by atoms with Crippen molar-refractivity contribution in [3.63, 3.8) is 0 Å². The number of pyridine rings is 1. The number of phenols is 1. The van der Waals surface area contributed by atoms with E-state index in [1.54, 1.807) is 22.0 Å². The Morgan fingerprint density at radius 3 is 2.71 bits per heavy atom. The molecule has 0 radical (unpaired) electrons. The average molecular weight is 291 g/mol. The molecule has 5 heteroatoms. The van der Waals surface area contributed by atoms with Crippen molar-refractivity contribution in [3.05, 3.63) is 53.1 Å². The van der Waals surface area contributed by atoms with Gasteiger partial charge in [0.05, 0.1) is 0 Å². The molecule has 84 valence electrons. The Labute approximate surface area is 103 Å². The molecule has 4 nitrogen and oxygen atoms in total. The zero-order valence-electron chi connectivity index (χ0n) is 8.70. The van der Waals surface area contributed by atoms with Crippen molar-refractivity contribution >= 4 is 24.4 Å². The van der Waals surface area contributed by atoms with Gasteiger partial charge in [-0.1, -0.05) is 0 Å². The molecule has 2 heterocycles. The minimum absolute atomic E-state index is 0.0536. The van der Waals surface area contributed by atoms with Gasteiger partial charge in [0.2, 0.25) is 0 Å². The van der Waals surface area contributed by atoms with E-state index in [2.05, 4.69) is 4.98 Å². The summed E-state index contributed by atoms with van der Waals surface area (Å²) >= 11 is -0.0680. The van der Waals surface area contributed by atoms with E-state index in [-0.39, 0.29) is 26.0 Å². The average Bonchev–Trinajstić information content (AvgIpc) is 2.68. The van der Waals surface area contributed by atoms with Gasteiger partial charge in [-0.15, -0.1) is 0 Å². The Morgan fingerprint density at radius 1 is 1.18 bits per heavy atom. The third kappa shape index (κ3) is 1.69. The van der Waals surface area contributed by atoms with E-state index < -0.39 is 0 Å². The number of hydrogen-bond acceptors (Lipinski definition) is 3. The Bertz CT molecular complexity index is 731. The Kier molecular flexibility index (Phi) is 2.35. The molecular weight excluding hydrogens is 283 g/mol. The fourth-order valence-electron chi connectivity index (χ4n) is 1.66. The van der Waals surface area contributed by atoms with Crippen LogP contribution in [0.5, 0.6) is 5.75 Å². The first-order valence-electron chi connectivity index (χ1n) is 5.01. The monoisotopic (exact) mass is 292 g/mol. The minimum atomic E-state index is -0.0680. The standard InChI is InChI=1S/C12H8N2O2Se/c15-9-1-2-11-10(7-9)12(16)14(17-11)8-3-5-13-6-4-8/h1-7,15H. The summed E-state index contributed by atoms with van der Waals surface area (Å²) in [5.74, 6) is 0.129. The Hall–Kier alpha value is -1.84. The predicted molar refractivity (Wildman–Crippen MR) is 65.9 cm³/mol. The third-order valence-electron chi connectivity index (χ3n) is 2.46. The van der Waals surface area contributed by atoms with E-state index in [0.29, 0.717) is 5.39 Å². The third-order valence-corrected chi connectivity index (χ3v) is 4.80. The number of hydrogen-bond donors (Lipinski definition) is 1. The molecule has 3 aromatic rings. The van der Waals surface area contributed by atoms with Gasteiger partial charge in [-0.05, 0) is 0 Å². The van der Waals surface area contributed by atoms with Gasteiger partial charge in [0.1, 0.15) is 0 Å². The Balaban J connectivity index is 2.33. The number of fused-ring (bicyclic) bond motifs is 1. The number of rotatable bonds is 1. The van der Waals surface area contributed by atoms with Gasteiger partial charge in [0, 0.05) is 0 Å². The zero-order valence-corrected chi connectivity index (χ0v) is 10.4. The van der Waals surface area contributed by atoms with Crippen LogP contribution in [0.4, 0.5) is 0 Å². The van der Waals surface area contributed by atoms with Crippen LogP contribution in [0, 0.1) is 0 Å². The van der Waals surface area contributed by atoms with Crippen molar-refractivity contribution in [3.8, 4) is 11.4 Å². The molecule has 0 saturated heterocycles. The molecular formula is C12H8N2O2Se. The van der Waals surface area contributed by atoms with E-state index in [1.807, 2.05) is 18.2 Å². The Morgan fingerprint density at radius 2 is 1.94 bits per heavy atom. The molecule has 0 unspecified atom stereocenters. The predicted octanol–water partition coefficient (Wildman–Crippen LogP) is 1.15. The normalized spacial score (nSPS) is 10.8. The van der Waals surface area contributed by atoms with Crippen molar-refractivity contribution in [2.24, 2.45) is 0 Å². The van der Waals surface area contributed by atoms with Crippen molar-refractivity contribution in [2.75, 3.05) is 0 Å². The SMILES string of the molecule is O=c1c2cc(O)ccc2[se]n1-c1ccncc1. The molecule has 3 rings (SSSR count). The van der Waals surface area contributed by atoms with Crippen LogP contribution in [0.1, 0.15) is 0 Å². The molecule has 0 saturated carbocycles. The van der Waals surface area contributed by atoms with Gasteiger partial charge >= 0.3 is 103 Å². The fraction of sp³-hybridized carbons (Fsp3) is 0. The molecule has 17 heavy (non-hydrogen) atoms. The van der Waals surface area contributed by atoms with Crippen LogP contribution in [-0.4, -0.2) is 28.4 Å². The van der Waals surface area contributed by atoms with Crippen LogP contribution >= 0.6 is 0 Å². The van der Waals surface area contributed by atoms with Gasteiger partial charge in [0.15, 0.2) is 0 Å². The molecule has 2 aromatic heterocycles. The van der Waals surface area contributed by atoms with Crippen LogP contribution in [-0.2, 0) is 0 Å². The molecule has 0 aliphatic rings. The molecule has 0 atom stereocenters. The van der Waals surface area contributed by atoms with E-state index in [9.17, 15) is 9.90 Å². The van der Waals surface area contributed by atoms with Crippen LogP contribution in [0.2, 0.25) is 0 Å². The quantitative estimate of drug-likeness (QED) is 0.684. The van der Waals surface area contributed by atoms with Crippen molar-refractivity contribution < 1.29 is 5.11 Å². The molecule has 0 spiro atoms. The summed E-state index contributed by atoms with van der Waals surface area (Å²) in [6, 6.07) is 8.57. The first kappa shape index (κ1) is 10.3. The maximum absolute atomic E-state index is 12.2. The summed E-state index contributed by atoms with van der Waals surface area (Å²) in [4.78, 5) is 16.1. The number of benzene rings is 1. The molecule has 0 aliphatic carbocycles. The maximum atomic E-state index is 12.2. The van der Waals surface area contributed by atoms with Crippen LogP contribution < -0.4 is 5.56 Å². The molecule has 0 aliphatic heterocycles. The molecule has 1 N–H and O–H groups in total.